The number of hydrogen-bond acceptors (Lipinski definition) is 4. The molecule has 2 aliphatic rings. The van der Waals surface area contributed by atoms with Crippen LogP contribution in [0.3, 0.4) is 0 Å². The Labute approximate surface area is 158 Å². The van der Waals surface area contributed by atoms with E-state index in [4.69, 9.17) is 9.84 Å². The van der Waals surface area contributed by atoms with Gasteiger partial charge >= 0.3 is 5.97 Å². The number of benzene rings is 1. The number of aliphatic carboxylic acids is 1. The second-order valence-corrected chi connectivity index (χ2v) is 7.17. The van der Waals surface area contributed by atoms with E-state index in [9.17, 15) is 14.4 Å². The van der Waals surface area contributed by atoms with Gasteiger partial charge < -0.3 is 19.6 Å². The smallest absolute Gasteiger partial charge is 0.303 e. The topological polar surface area (TPSA) is 87.2 Å². The van der Waals surface area contributed by atoms with E-state index in [-0.39, 0.29) is 36.5 Å². The van der Waals surface area contributed by atoms with E-state index < -0.39 is 5.97 Å². The Hall–Kier alpha value is -2.57. The van der Waals surface area contributed by atoms with Crippen molar-refractivity contribution in [1.82, 2.24) is 4.90 Å². The first-order chi connectivity index (χ1) is 13.0. The lowest BCUT2D eigenvalue weighted by molar-refractivity contribution is -0.139. The van der Waals surface area contributed by atoms with Crippen LogP contribution in [0.25, 0.3) is 0 Å². The van der Waals surface area contributed by atoms with Crippen molar-refractivity contribution in [3.05, 3.63) is 24.3 Å². The first-order valence-electron chi connectivity index (χ1n) is 9.52. The van der Waals surface area contributed by atoms with Crippen molar-refractivity contribution < 1.29 is 24.2 Å². The predicted molar refractivity (Wildman–Crippen MR) is 99.6 cm³/mol. The molecule has 7 heteroatoms. The third kappa shape index (κ3) is 4.40. The lowest BCUT2D eigenvalue weighted by Gasteiger charge is -2.33. The highest BCUT2D eigenvalue weighted by atomic mass is 16.5. The number of piperidine rings is 1. The van der Waals surface area contributed by atoms with E-state index in [1.807, 2.05) is 31.2 Å². The number of anilines is 1. The van der Waals surface area contributed by atoms with Crippen molar-refractivity contribution in [3.63, 3.8) is 0 Å². The maximum absolute atomic E-state index is 12.9. The number of carboxylic acids is 1. The minimum absolute atomic E-state index is 0.00600. The molecule has 7 nitrogen and oxygen atoms in total. The highest BCUT2D eigenvalue weighted by molar-refractivity contribution is 6.01. The summed E-state index contributed by atoms with van der Waals surface area (Å²) in [6.45, 7) is 3.89. The summed E-state index contributed by atoms with van der Waals surface area (Å²) in [5.41, 5.74) is 0.708. The molecule has 0 saturated carbocycles. The highest BCUT2D eigenvalue weighted by Gasteiger charge is 2.39. The largest absolute Gasteiger partial charge is 0.492 e. The van der Waals surface area contributed by atoms with Gasteiger partial charge in [0.25, 0.3) is 0 Å². The number of hydrogen-bond donors (Lipinski definition) is 1. The molecule has 2 fully saturated rings. The summed E-state index contributed by atoms with van der Waals surface area (Å²) in [7, 11) is 0. The molecule has 0 aliphatic carbocycles. The van der Waals surface area contributed by atoms with Crippen LogP contribution in [0.4, 0.5) is 5.69 Å². The van der Waals surface area contributed by atoms with Crippen molar-refractivity contribution in [2.75, 3.05) is 31.1 Å². The van der Waals surface area contributed by atoms with Crippen molar-refractivity contribution in [3.8, 4) is 5.75 Å². The third-order valence-corrected chi connectivity index (χ3v) is 5.32. The van der Waals surface area contributed by atoms with Crippen LogP contribution in [0.5, 0.6) is 5.75 Å². The predicted octanol–water partition coefficient (Wildman–Crippen LogP) is 2.15. The molecule has 3 rings (SSSR count). The van der Waals surface area contributed by atoms with Gasteiger partial charge in [-0.25, -0.2) is 0 Å². The highest BCUT2D eigenvalue weighted by Crippen LogP contribution is 2.34. The van der Waals surface area contributed by atoms with Crippen LogP contribution in [-0.4, -0.2) is 54.0 Å². The Kier molecular flexibility index (Phi) is 5.98. The molecule has 146 valence electrons. The summed E-state index contributed by atoms with van der Waals surface area (Å²) in [6.07, 6.45) is 1.77. The molecule has 2 aliphatic heterocycles. The quantitative estimate of drug-likeness (QED) is 0.824. The Morgan fingerprint density at radius 3 is 2.59 bits per heavy atom. The van der Waals surface area contributed by atoms with Crippen molar-refractivity contribution >= 4 is 23.5 Å². The van der Waals surface area contributed by atoms with Gasteiger partial charge in [-0.05, 0) is 37.8 Å². The Morgan fingerprint density at radius 1 is 1.22 bits per heavy atom. The molecule has 1 unspecified atom stereocenters. The maximum atomic E-state index is 12.9. The van der Waals surface area contributed by atoms with E-state index in [1.54, 1.807) is 9.80 Å². The first kappa shape index (κ1) is 19.2. The van der Waals surface area contributed by atoms with Gasteiger partial charge in [0, 0.05) is 32.5 Å². The monoisotopic (exact) mass is 374 g/mol. The van der Waals surface area contributed by atoms with Crippen LogP contribution in [0, 0.1) is 11.8 Å². The zero-order valence-electron chi connectivity index (χ0n) is 15.6. The van der Waals surface area contributed by atoms with Gasteiger partial charge in [-0.3, -0.25) is 14.4 Å². The molecule has 1 aromatic rings. The van der Waals surface area contributed by atoms with Crippen molar-refractivity contribution in [1.29, 1.82) is 0 Å². The van der Waals surface area contributed by atoms with Gasteiger partial charge in [-0.15, -0.1) is 0 Å². The van der Waals surface area contributed by atoms with Crippen molar-refractivity contribution in [2.24, 2.45) is 11.8 Å². The lowest BCUT2D eigenvalue weighted by Crippen LogP contribution is -2.42. The summed E-state index contributed by atoms with van der Waals surface area (Å²) >= 11 is 0. The van der Waals surface area contributed by atoms with E-state index >= 15 is 0 Å². The van der Waals surface area contributed by atoms with E-state index in [1.165, 1.54) is 0 Å². The summed E-state index contributed by atoms with van der Waals surface area (Å²) in [5, 5.41) is 8.91. The summed E-state index contributed by atoms with van der Waals surface area (Å²) < 4.78 is 5.62. The molecule has 2 saturated heterocycles. The zero-order valence-corrected chi connectivity index (χ0v) is 15.6. The molecule has 0 radical (unpaired) electrons. The summed E-state index contributed by atoms with van der Waals surface area (Å²) in [5.74, 6) is -0.440. The van der Waals surface area contributed by atoms with Crippen LogP contribution < -0.4 is 9.64 Å². The molecule has 2 heterocycles. The first-order valence-corrected chi connectivity index (χ1v) is 9.52. The van der Waals surface area contributed by atoms with Gasteiger partial charge in [0.05, 0.1) is 18.2 Å². The zero-order chi connectivity index (χ0) is 19.4. The van der Waals surface area contributed by atoms with Gasteiger partial charge in [-0.2, -0.15) is 0 Å². The van der Waals surface area contributed by atoms with E-state index in [0.717, 1.165) is 0 Å². The molecule has 1 aromatic carbocycles. The number of ether oxygens (including phenoxy) is 1. The molecule has 0 aromatic heterocycles. The van der Waals surface area contributed by atoms with Gasteiger partial charge in [-0.1, -0.05) is 12.1 Å². The van der Waals surface area contributed by atoms with Gasteiger partial charge in [0.1, 0.15) is 5.75 Å². The van der Waals surface area contributed by atoms with Gasteiger partial charge in [0.15, 0.2) is 0 Å². The lowest BCUT2D eigenvalue weighted by atomic mass is 9.92. The maximum Gasteiger partial charge on any atom is 0.303 e. The number of carbonyl (C=O) groups excluding carboxylic acids is 2. The Morgan fingerprint density at radius 2 is 1.93 bits per heavy atom. The number of amides is 2. The van der Waals surface area contributed by atoms with Crippen LogP contribution >= 0.6 is 0 Å². The van der Waals surface area contributed by atoms with Crippen LogP contribution in [0.15, 0.2) is 24.3 Å². The normalized spacial score (nSPS) is 20.8. The summed E-state index contributed by atoms with van der Waals surface area (Å²) in [4.78, 5) is 39.7. The molecular weight excluding hydrogens is 348 g/mol. The van der Waals surface area contributed by atoms with E-state index in [2.05, 4.69) is 0 Å². The van der Waals surface area contributed by atoms with Crippen LogP contribution in [-0.2, 0) is 14.4 Å². The molecule has 2 amide bonds. The number of nitrogens with zero attached hydrogens (tertiary/aromatic N) is 2. The fourth-order valence-corrected chi connectivity index (χ4v) is 3.93. The number of para-hydroxylation sites is 2. The molecule has 1 atom stereocenters. The van der Waals surface area contributed by atoms with Crippen LogP contribution in [0.2, 0.25) is 0 Å². The van der Waals surface area contributed by atoms with Crippen LogP contribution in [0.1, 0.15) is 32.6 Å². The van der Waals surface area contributed by atoms with Crippen molar-refractivity contribution in [2.45, 2.75) is 32.6 Å². The fraction of sp³-hybridized carbons (Fsp3) is 0.550. The second-order valence-electron chi connectivity index (χ2n) is 7.17. The average molecular weight is 374 g/mol. The minimum atomic E-state index is -0.787. The van der Waals surface area contributed by atoms with Gasteiger partial charge in [0.2, 0.25) is 11.8 Å². The molecule has 0 spiro atoms. The second kappa shape index (κ2) is 8.41. The Balaban J connectivity index is 1.62. The number of carboxylic acid groups (broad SMARTS) is 1. The molecule has 1 N–H and O–H groups in total. The fourth-order valence-electron chi connectivity index (χ4n) is 3.93. The Bertz CT molecular complexity index is 712. The number of likely N-dealkylation sites (tertiary alicyclic amines) is 1. The minimum Gasteiger partial charge on any atom is -0.492 e. The molecule has 27 heavy (non-hydrogen) atoms. The average Bonchev–Trinajstić information content (AvgIpc) is 3.03. The molecular formula is C20H26N2O5. The number of rotatable bonds is 6. The number of carbonyl (C=O) groups is 3. The summed E-state index contributed by atoms with van der Waals surface area (Å²) in [6, 6.07) is 7.38. The van der Waals surface area contributed by atoms with E-state index in [0.29, 0.717) is 50.5 Å². The third-order valence-electron chi connectivity index (χ3n) is 5.32. The standard InChI is InChI=1S/C20H26N2O5/c1-2-27-17-6-4-3-5-16(17)22-13-15(12-18(22)23)20(26)21-9-7-14(8-10-21)11-19(24)25/h3-6,14-15H,2,7-13H2,1H3,(H,24,25). The SMILES string of the molecule is CCOc1ccccc1N1CC(C(=O)N2CCC(CC(=O)O)CC2)CC1=O. The molecule has 0 bridgehead atoms.